The number of hydrogen-bond acceptors (Lipinski definition) is 6. The SMILES string of the molecule is [2H]C([2H])([2H])C([2H])([2H])C1=C(C)CN(C(=O)NCCc2ccc(S(=O)(=O)NC(=O)NC3CCC(C(=O)O)CC3)cc2)C1=O. The highest BCUT2D eigenvalue weighted by Crippen LogP contribution is 2.24. The molecule has 1 aliphatic carbocycles. The minimum Gasteiger partial charge on any atom is -0.481 e. The molecule has 1 saturated carbocycles. The second-order valence-electron chi connectivity index (χ2n) is 8.76. The van der Waals surface area contributed by atoms with Crippen LogP contribution in [0.3, 0.4) is 0 Å². The third kappa shape index (κ3) is 6.62. The minimum absolute atomic E-state index is 0.0417. The number of nitrogens with one attached hydrogen (secondary N) is 3. The summed E-state index contributed by atoms with van der Waals surface area (Å²) >= 11 is 0. The van der Waals surface area contributed by atoms with Crippen molar-refractivity contribution in [2.75, 3.05) is 13.1 Å². The van der Waals surface area contributed by atoms with E-state index >= 15 is 0 Å². The topological polar surface area (TPSA) is 162 Å². The van der Waals surface area contributed by atoms with Crippen LogP contribution in [0.15, 0.2) is 40.3 Å². The zero-order chi connectivity index (χ0) is 30.8. The molecular weight excluding hydrogens is 488 g/mol. The summed E-state index contributed by atoms with van der Waals surface area (Å²) in [7, 11) is -4.18. The summed E-state index contributed by atoms with van der Waals surface area (Å²) in [5.41, 5.74) is 0.221. The zero-order valence-corrected chi connectivity index (χ0v) is 20.5. The van der Waals surface area contributed by atoms with E-state index in [9.17, 15) is 27.6 Å². The van der Waals surface area contributed by atoms with Gasteiger partial charge in [0.1, 0.15) is 0 Å². The lowest BCUT2D eigenvalue weighted by Gasteiger charge is -2.26. The number of nitrogens with zero attached hydrogens (tertiary/aromatic N) is 1. The highest BCUT2D eigenvalue weighted by Gasteiger charge is 2.31. The van der Waals surface area contributed by atoms with Gasteiger partial charge in [0.25, 0.3) is 15.9 Å². The van der Waals surface area contributed by atoms with E-state index in [1.807, 2.05) is 4.72 Å². The van der Waals surface area contributed by atoms with Gasteiger partial charge in [-0.15, -0.1) is 0 Å². The number of rotatable bonds is 8. The van der Waals surface area contributed by atoms with Crippen LogP contribution in [0.5, 0.6) is 0 Å². The Morgan fingerprint density at radius 2 is 1.83 bits per heavy atom. The smallest absolute Gasteiger partial charge is 0.328 e. The quantitative estimate of drug-likeness (QED) is 0.404. The molecule has 0 atom stereocenters. The number of aliphatic carboxylic acids is 1. The van der Waals surface area contributed by atoms with Crippen LogP contribution < -0.4 is 15.4 Å². The van der Waals surface area contributed by atoms with Gasteiger partial charge in [-0.3, -0.25) is 14.5 Å². The van der Waals surface area contributed by atoms with E-state index in [0.29, 0.717) is 31.2 Å². The van der Waals surface area contributed by atoms with E-state index < -0.39 is 58.7 Å². The number of carbonyl (C=O) groups excluding carboxylic acids is 3. The minimum atomic E-state index is -4.18. The number of carboxylic acids is 1. The maximum absolute atomic E-state index is 12.6. The van der Waals surface area contributed by atoms with Gasteiger partial charge < -0.3 is 15.7 Å². The van der Waals surface area contributed by atoms with Crippen molar-refractivity contribution in [3.05, 3.63) is 41.0 Å². The standard InChI is InChI=1S/C24H32N4O7S/c1-3-20-15(2)14-28(21(20)29)24(33)25-13-12-16-4-10-19(11-5-16)36(34,35)27-23(32)26-18-8-6-17(7-9-18)22(30)31/h4-5,10-11,17-18H,3,6-9,12-14H2,1-2H3,(H,25,33)(H,30,31)(H2,26,27,32)/i1D3,3D2. The lowest BCUT2D eigenvalue weighted by molar-refractivity contribution is -0.142. The molecule has 3 rings (SSSR count). The first-order valence-electron chi connectivity index (χ1n) is 13.9. The van der Waals surface area contributed by atoms with Crippen LogP contribution in [0.2, 0.25) is 0 Å². The lowest BCUT2D eigenvalue weighted by atomic mass is 9.86. The molecule has 2 aliphatic rings. The largest absolute Gasteiger partial charge is 0.481 e. The van der Waals surface area contributed by atoms with Crippen LogP contribution in [-0.2, 0) is 26.0 Å². The van der Waals surface area contributed by atoms with Crippen molar-refractivity contribution in [2.45, 2.75) is 63.2 Å². The molecule has 0 spiro atoms. The first-order chi connectivity index (χ1) is 18.9. The van der Waals surface area contributed by atoms with E-state index in [1.165, 1.54) is 31.2 Å². The molecule has 1 aromatic rings. The molecule has 0 saturated heterocycles. The number of carboxylic acid groups (broad SMARTS) is 1. The Kier molecular flexibility index (Phi) is 6.66. The Balaban J connectivity index is 1.49. The molecule has 1 fully saturated rings. The van der Waals surface area contributed by atoms with Gasteiger partial charge in [-0.2, -0.15) is 0 Å². The van der Waals surface area contributed by atoms with E-state index in [0.717, 1.165) is 4.90 Å². The van der Waals surface area contributed by atoms with E-state index in [-0.39, 0.29) is 36.0 Å². The summed E-state index contributed by atoms with van der Waals surface area (Å²) in [5.74, 6) is -2.37. The Labute approximate surface area is 217 Å². The van der Waals surface area contributed by atoms with Crippen molar-refractivity contribution in [3.63, 3.8) is 0 Å². The van der Waals surface area contributed by atoms with Gasteiger partial charge in [0.15, 0.2) is 0 Å². The number of benzene rings is 1. The van der Waals surface area contributed by atoms with Crippen molar-refractivity contribution < 1.29 is 39.6 Å². The average molecular weight is 526 g/mol. The van der Waals surface area contributed by atoms with Gasteiger partial charge >= 0.3 is 18.0 Å². The fraction of sp³-hybridized carbons (Fsp3) is 0.500. The summed E-state index contributed by atoms with van der Waals surface area (Å²) < 4.78 is 65.0. The third-order valence-electron chi connectivity index (χ3n) is 6.21. The van der Waals surface area contributed by atoms with Crippen molar-refractivity contribution in [2.24, 2.45) is 5.92 Å². The van der Waals surface area contributed by atoms with Gasteiger partial charge in [-0.25, -0.2) is 22.7 Å². The van der Waals surface area contributed by atoms with Crippen molar-refractivity contribution in [1.29, 1.82) is 0 Å². The van der Waals surface area contributed by atoms with Gasteiger partial charge in [0.05, 0.1) is 17.4 Å². The molecule has 0 unspecified atom stereocenters. The fourth-order valence-electron chi connectivity index (χ4n) is 4.15. The molecular formula is C24H32N4O7S. The second-order valence-corrected chi connectivity index (χ2v) is 10.4. The molecule has 4 N–H and O–H groups in total. The molecule has 12 heteroatoms. The molecule has 36 heavy (non-hydrogen) atoms. The molecule has 1 aliphatic heterocycles. The third-order valence-corrected chi connectivity index (χ3v) is 7.56. The Hall–Kier alpha value is -3.41. The van der Waals surface area contributed by atoms with Gasteiger partial charge in [-0.05, 0) is 68.7 Å². The molecule has 1 aromatic carbocycles. The van der Waals surface area contributed by atoms with Crippen LogP contribution in [0.4, 0.5) is 9.59 Å². The van der Waals surface area contributed by atoms with E-state index in [1.54, 1.807) is 0 Å². The van der Waals surface area contributed by atoms with Crippen molar-refractivity contribution in [1.82, 2.24) is 20.3 Å². The van der Waals surface area contributed by atoms with Crippen molar-refractivity contribution in [3.8, 4) is 0 Å². The van der Waals surface area contributed by atoms with E-state index in [4.69, 9.17) is 12.0 Å². The number of urea groups is 2. The van der Waals surface area contributed by atoms with Gasteiger partial charge in [0.2, 0.25) is 0 Å². The fourth-order valence-corrected chi connectivity index (χ4v) is 5.07. The maximum atomic E-state index is 12.6. The molecule has 196 valence electrons. The van der Waals surface area contributed by atoms with E-state index in [2.05, 4.69) is 10.6 Å². The summed E-state index contributed by atoms with van der Waals surface area (Å²) in [6.45, 7) is -1.90. The number of carbonyl (C=O) groups is 4. The summed E-state index contributed by atoms with van der Waals surface area (Å²) in [6, 6.07) is 3.48. The second kappa shape index (κ2) is 11.5. The number of amides is 5. The zero-order valence-electron chi connectivity index (χ0n) is 24.7. The first-order valence-corrected chi connectivity index (χ1v) is 12.9. The summed E-state index contributed by atoms with van der Waals surface area (Å²) in [4.78, 5) is 49.0. The van der Waals surface area contributed by atoms with Crippen LogP contribution in [-0.4, -0.2) is 61.5 Å². The molecule has 1 heterocycles. The highest BCUT2D eigenvalue weighted by atomic mass is 32.2. The summed E-state index contributed by atoms with van der Waals surface area (Å²) in [6.07, 6.45) is -1.03. The Morgan fingerprint density at radius 1 is 1.17 bits per heavy atom. The van der Waals surface area contributed by atoms with Crippen molar-refractivity contribution >= 4 is 34.0 Å². The maximum Gasteiger partial charge on any atom is 0.328 e. The van der Waals surface area contributed by atoms with Crippen LogP contribution in [0, 0.1) is 5.92 Å². The first kappa shape index (κ1) is 20.7. The molecule has 0 aromatic heterocycles. The predicted molar refractivity (Wildman–Crippen MR) is 130 cm³/mol. The van der Waals surface area contributed by atoms with Crippen LogP contribution in [0.25, 0.3) is 0 Å². The average Bonchev–Trinajstić information content (AvgIpc) is 3.17. The number of hydrogen-bond donors (Lipinski definition) is 4. The Morgan fingerprint density at radius 3 is 2.44 bits per heavy atom. The number of imide groups is 1. The van der Waals surface area contributed by atoms with Gasteiger partial charge in [-0.1, -0.05) is 19.0 Å². The van der Waals surface area contributed by atoms with Crippen LogP contribution in [0.1, 0.15) is 58.2 Å². The Bertz CT molecular complexity index is 1340. The molecule has 5 amide bonds. The lowest BCUT2D eigenvalue weighted by Crippen LogP contribution is -2.46. The monoisotopic (exact) mass is 525 g/mol. The molecule has 11 nitrogen and oxygen atoms in total. The highest BCUT2D eigenvalue weighted by molar-refractivity contribution is 7.90. The number of sulfonamides is 1. The molecule has 0 bridgehead atoms. The molecule has 0 radical (unpaired) electrons. The van der Waals surface area contributed by atoms with Crippen LogP contribution >= 0.6 is 0 Å². The summed E-state index contributed by atoms with van der Waals surface area (Å²) in [5, 5.41) is 14.1. The van der Waals surface area contributed by atoms with Gasteiger partial charge in [0, 0.05) is 25.0 Å². The predicted octanol–water partition coefficient (Wildman–Crippen LogP) is 2.14. The normalized spacial score (nSPS) is 23.1.